The summed E-state index contributed by atoms with van der Waals surface area (Å²) in [5, 5.41) is 0. The fourth-order valence-corrected chi connectivity index (χ4v) is 5.29. The Balaban J connectivity index is 1.52. The summed E-state index contributed by atoms with van der Waals surface area (Å²) in [6.07, 6.45) is 0.0270. The first kappa shape index (κ1) is 26.6. The lowest BCUT2D eigenvalue weighted by atomic mass is 10.1. The van der Waals surface area contributed by atoms with E-state index in [1.54, 1.807) is 6.08 Å². The van der Waals surface area contributed by atoms with Crippen LogP contribution >= 0.6 is 8.38 Å². The molecule has 1 saturated heterocycles. The van der Waals surface area contributed by atoms with Gasteiger partial charge in [0.1, 0.15) is 18.3 Å². The smallest absolute Gasteiger partial charge is 0.202 e. The summed E-state index contributed by atoms with van der Waals surface area (Å²) in [6.45, 7) is 5.39. The Morgan fingerprint density at radius 3 is 1.75 bits per heavy atom. The third-order valence-corrected chi connectivity index (χ3v) is 7.15. The zero-order valence-corrected chi connectivity index (χ0v) is 21.1. The van der Waals surface area contributed by atoms with Crippen LogP contribution in [0.1, 0.15) is 16.7 Å². The zero-order valence-electron chi connectivity index (χ0n) is 20.2. The molecule has 3 aromatic rings. The Bertz CT molecular complexity index is 1020. The molecule has 1 N–H and O–H groups in total. The minimum atomic E-state index is -1.94. The van der Waals surface area contributed by atoms with Gasteiger partial charge in [0, 0.05) is 0 Å². The predicted octanol–water partition coefficient (Wildman–Crippen LogP) is 5.61. The van der Waals surface area contributed by atoms with Crippen molar-refractivity contribution in [1.29, 1.82) is 0 Å². The van der Waals surface area contributed by atoms with Gasteiger partial charge in [-0.25, -0.2) is 0 Å². The Hall–Kier alpha value is -2.41. The van der Waals surface area contributed by atoms with Crippen LogP contribution in [0.15, 0.2) is 104 Å². The molecule has 1 aliphatic heterocycles. The minimum Gasteiger partial charge on any atom is -0.374 e. The molecule has 0 spiro atoms. The third kappa shape index (κ3) is 7.79. The molecule has 190 valence electrons. The Morgan fingerprint density at radius 2 is 1.22 bits per heavy atom. The van der Waals surface area contributed by atoms with Crippen LogP contribution in [0.5, 0.6) is 0 Å². The van der Waals surface area contributed by atoms with Crippen molar-refractivity contribution in [1.82, 2.24) is 0 Å². The van der Waals surface area contributed by atoms with E-state index in [0.29, 0.717) is 19.8 Å². The van der Waals surface area contributed by atoms with Gasteiger partial charge in [0.2, 0.25) is 8.38 Å². The molecule has 4 rings (SSSR count). The molecule has 0 amide bonds. The van der Waals surface area contributed by atoms with E-state index in [1.807, 2.05) is 91.0 Å². The van der Waals surface area contributed by atoms with Gasteiger partial charge < -0.3 is 28.4 Å². The molecule has 1 heterocycles. The van der Waals surface area contributed by atoms with Gasteiger partial charge in [-0.3, -0.25) is 0 Å². The van der Waals surface area contributed by atoms with Crippen LogP contribution in [0.2, 0.25) is 0 Å². The van der Waals surface area contributed by atoms with Gasteiger partial charge >= 0.3 is 0 Å². The zero-order chi connectivity index (χ0) is 25.0. The maximum atomic E-state index is 10.9. The van der Waals surface area contributed by atoms with Gasteiger partial charge in [-0.05, 0) is 16.7 Å². The number of hydrogen-bond acceptors (Lipinski definition) is 6. The fourth-order valence-electron chi connectivity index (χ4n) is 3.99. The lowest BCUT2D eigenvalue weighted by Crippen LogP contribution is -2.54. The average Bonchev–Trinajstić information content (AvgIpc) is 2.92. The van der Waals surface area contributed by atoms with Crippen molar-refractivity contribution < 1.29 is 28.4 Å². The molecule has 0 unspecified atom stereocenters. The first-order chi connectivity index (χ1) is 17.7. The molecule has 0 radical (unpaired) electrons. The summed E-state index contributed by atoms with van der Waals surface area (Å²) in [7, 11) is -1.94. The van der Waals surface area contributed by atoms with E-state index in [0.717, 1.165) is 16.7 Å². The fraction of sp³-hybridized carbons (Fsp3) is 0.310. The second kappa shape index (κ2) is 14.4. The van der Waals surface area contributed by atoms with Crippen molar-refractivity contribution in [2.75, 3.05) is 13.2 Å². The van der Waals surface area contributed by atoms with Gasteiger partial charge in [-0.15, -0.1) is 6.58 Å². The third-order valence-electron chi connectivity index (χ3n) is 5.78. The first-order valence-corrected chi connectivity index (χ1v) is 13.3. The SMILES string of the molecule is C=CCO[C@@H]1[C@@H](OCc2ccccc2)[C@H](OCc2ccccc2)[C@@H](COCc2ccccc2)O[P@@]1O. The van der Waals surface area contributed by atoms with E-state index >= 15 is 0 Å². The molecule has 1 fully saturated rings. The minimum absolute atomic E-state index is 0.243. The Labute approximate surface area is 214 Å². The van der Waals surface area contributed by atoms with Gasteiger partial charge in [-0.1, -0.05) is 97.1 Å². The summed E-state index contributed by atoms with van der Waals surface area (Å²) in [5.41, 5.74) is 3.11. The van der Waals surface area contributed by atoms with E-state index in [4.69, 9.17) is 23.5 Å². The van der Waals surface area contributed by atoms with Crippen molar-refractivity contribution in [2.24, 2.45) is 0 Å². The first-order valence-electron chi connectivity index (χ1n) is 12.0. The largest absolute Gasteiger partial charge is 0.374 e. The summed E-state index contributed by atoms with van der Waals surface area (Å²) in [5.74, 6) is -0.687. The van der Waals surface area contributed by atoms with Crippen LogP contribution < -0.4 is 0 Å². The molecule has 36 heavy (non-hydrogen) atoms. The molecular weight excluding hydrogens is 475 g/mol. The quantitative estimate of drug-likeness (QED) is 0.239. The highest BCUT2D eigenvalue weighted by molar-refractivity contribution is 7.47. The molecule has 1 aliphatic rings. The normalized spacial score (nSPS) is 23.9. The van der Waals surface area contributed by atoms with Crippen molar-refractivity contribution in [3.63, 3.8) is 0 Å². The van der Waals surface area contributed by atoms with Crippen molar-refractivity contribution in [3.8, 4) is 0 Å². The van der Waals surface area contributed by atoms with Crippen LogP contribution in [-0.4, -0.2) is 42.3 Å². The molecule has 0 aromatic heterocycles. The molecule has 3 aromatic carbocycles. The van der Waals surface area contributed by atoms with Crippen LogP contribution in [0, 0.1) is 0 Å². The predicted molar refractivity (Wildman–Crippen MR) is 140 cm³/mol. The van der Waals surface area contributed by atoms with E-state index in [9.17, 15) is 4.89 Å². The van der Waals surface area contributed by atoms with E-state index in [-0.39, 0.29) is 13.2 Å². The summed E-state index contributed by atoms with van der Waals surface area (Å²) >= 11 is 0. The van der Waals surface area contributed by atoms with Gasteiger partial charge in [0.05, 0.1) is 33.0 Å². The second-order valence-corrected chi connectivity index (χ2v) is 9.81. The maximum absolute atomic E-state index is 10.9. The van der Waals surface area contributed by atoms with E-state index in [2.05, 4.69) is 6.58 Å². The average molecular weight is 509 g/mol. The molecule has 0 saturated carbocycles. The highest BCUT2D eigenvalue weighted by Gasteiger charge is 2.48. The lowest BCUT2D eigenvalue weighted by Gasteiger charge is -2.43. The summed E-state index contributed by atoms with van der Waals surface area (Å²) < 4.78 is 30.8. The topological polar surface area (TPSA) is 66.4 Å². The van der Waals surface area contributed by atoms with E-state index in [1.165, 1.54) is 0 Å². The van der Waals surface area contributed by atoms with E-state index < -0.39 is 32.5 Å². The Kier molecular flexibility index (Phi) is 10.6. The number of hydrogen-bond donors (Lipinski definition) is 1. The van der Waals surface area contributed by atoms with Gasteiger partial charge in [-0.2, -0.15) is 0 Å². The summed E-state index contributed by atoms with van der Waals surface area (Å²) in [6, 6.07) is 29.8. The van der Waals surface area contributed by atoms with Gasteiger partial charge in [0.15, 0.2) is 5.85 Å². The molecule has 0 aliphatic carbocycles. The van der Waals surface area contributed by atoms with Crippen molar-refractivity contribution in [3.05, 3.63) is 120 Å². The van der Waals surface area contributed by atoms with Crippen LogP contribution in [0.25, 0.3) is 0 Å². The van der Waals surface area contributed by atoms with Crippen molar-refractivity contribution >= 4 is 8.38 Å². The standard InChI is InChI=1S/C29H33O6P/c1-2-18-32-29-28(34-21-25-16-10-5-11-17-25)27(33-20-24-14-8-4-9-15-24)26(35-36(29)30)22-31-19-23-12-6-3-7-13-23/h2-17,26-30H,1,18-22H2/t26-,27-,28+,29+,36-/m1/s1. The lowest BCUT2D eigenvalue weighted by molar-refractivity contribution is -0.182. The van der Waals surface area contributed by atoms with Gasteiger partial charge in [0.25, 0.3) is 0 Å². The van der Waals surface area contributed by atoms with Crippen LogP contribution in [0.4, 0.5) is 0 Å². The number of rotatable bonds is 13. The molecule has 5 atom stereocenters. The monoisotopic (exact) mass is 508 g/mol. The second-order valence-electron chi connectivity index (χ2n) is 8.48. The molecule has 7 heteroatoms. The highest BCUT2D eigenvalue weighted by atomic mass is 31.2. The maximum Gasteiger partial charge on any atom is 0.202 e. The Morgan fingerprint density at radius 1 is 0.722 bits per heavy atom. The number of ether oxygens (including phenoxy) is 4. The molecule has 0 bridgehead atoms. The number of benzene rings is 3. The molecular formula is C29H33O6P. The van der Waals surface area contributed by atoms with Crippen molar-refractivity contribution in [2.45, 2.75) is 44.0 Å². The summed E-state index contributed by atoms with van der Waals surface area (Å²) in [4.78, 5) is 10.9. The molecule has 6 nitrogen and oxygen atoms in total. The van der Waals surface area contributed by atoms with Crippen LogP contribution in [0.3, 0.4) is 0 Å². The van der Waals surface area contributed by atoms with Crippen LogP contribution in [-0.2, 0) is 43.3 Å². The highest BCUT2D eigenvalue weighted by Crippen LogP contribution is 2.49.